The summed E-state index contributed by atoms with van der Waals surface area (Å²) in [7, 11) is -3.06. The Morgan fingerprint density at radius 1 is 1.26 bits per heavy atom. The zero-order chi connectivity index (χ0) is 16.3. The molecule has 0 aliphatic carbocycles. The summed E-state index contributed by atoms with van der Waals surface area (Å²) in [4.78, 5) is 0. The van der Waals surface area contributed by atoms with Crippen molar-refractivity contribution < 1.29 is 17.9 Å². The molecule has 0 saturated carbocycles. The van der Waals surface area contributed by atoms with Crippen LogP contribution in [-0.4, -0.2) is 44.4 Å². The second-order valence-electron chi connectivity index (χ2n) is 6.02. The standard InChI is InChI=1S/C16H24N2O4S/c1-2-10-23(19,20)18-8-6-14(7-9-18)17-11-13-4-3-5-15-16(13)22-12-21-15/h3-5,14,17H,2,6-12H2,1H3. The molecule has 0 radical (unpaired) electrons. The Morgan fingerprint density at radius 2 is 2.04 bits per heavy atom. The highest BCUT2D eigenvalue weighted by Gasteiger charge is 2.27. The molecule has 2 aliphatic heterocycles. The van der Waals surface area contributed by atoms with Crippen LogP contribution in [0.25, 0.3) is 0 Å². The largest absolute Gasteiger partial charge is 0.454 e. The fourth-order valence-electron chi connectivity index (χ4n) is 3.11. The van der Waals surface area contributed by atoms with Crippen LogP contribution in [0.3, 0.4) is 0 Å². The number of ether oxygens (including phenoxy) is 2. The van der Waals surface area contributed by atoms with Crippen molar-refractivity contribution in [1.29, 1.82) is 0 Å². The van der Waals surface area contributed by atoms with Gasteiger partial charge < -0.3 is 14.8 Å². The first kappa shape index (κ1) is 16.5. The minimum absolute atomic E-state index is 0.249. The van der Waals surface area contributed by atoms with Gasteiger partial charge in [-0.3, -0.25) is 0 Å². The van der Waals surface area contributed by atoms with Crippen molar-refractivity contribution in [2.24, 2.45) is 0 Å². The SMILES string of the molecule is CCCS(=O)(=O)N1CCC(NCc2cccc3c2OCO3)CC1. The van der Waals surface area contributed by atoms with E-state index in [1.165, 1.54) is 0 Å². The number of sulfonamides is 1. The van der Waals surface area contributed by atoms with Crippen molar-refractivity contribution in [3.63, 3.8) is 0 Å². The lowest BCUT2D eigenvalue weighted by Gasteiger charge is -2.31. The van der Waals surface area contributed by atoms with Crippen LogP contribution in [0.2, 0.25) is 0 Å². The quantitative estimate of drug-likeness (QED) is 0.854. The number of nitrogens with zero attached hydrogens (tertiary/aromatic N) is 1. The highest BCUT2D eigenvalue weighted by atomic mass is 32.2. The molecule has 23 heavy (non-hydrogen) atoms. The van der Waals surface area contributed by atoms with Crippen LogP contribution in [0, 0.1) is 0 Å². The van der Waals surface area contributed by atoms with E-state index in [0.717, 1.165) is 29.9 Å². The van der Waals surface area contributed by atoms with Crippen molar-refractivity contribution in [3.8, 4) is 11.5 Å². The average Bonchev–Trinajstić information content (AvgIpc) is 3.02. The van der Waals surface area contributed by atoms with Crippen molar-refractivity contribution >= 4 is 10.0 Å². The van der Waals surface area contributed by atoms with Crippen molar-refractivity contribution in [2.75, 3.05) is 25.6 Å². The molecule has 0 unspecified atom stereocenters. The van der Waals surface area contributed by atoms with E-state index >= 15 is 0 Å². The normalized spacial score (nSPS) is 19.2. The van der Waals surface area contributed by atoms with Crippen LogP contribution in [0.4, 0.5) is 0 Å². The second kappa shape index (κ2) is 7.07. The molecule has 3 rings (SSSR count). The molecule has 2 aliphatic rings. The maximum atomic E-state index is 12.1. The lowest BCUT2D eigenvalue weighted by atomic mass is 10.1. The van der Waals surface area contributed by atoms with Crippen LogP contribution in [-0.2, 0) is 16.6 Å². The third-order valence-corrected chi connectivity index (χ3v) is 6.44. The van der Waals surface area contributed by atoms with Crippen molar-refractivity contribution in [2.45, 2.75) is 38.8 Å². The van der Waals surface area contributed by atoms with Gasteiger partial charge >= 0.3 is 0 Å². The smallest absolute Gasteiger partial charge is 0.231 e. The van der Waals surface area contributed by atoms with Gasteiger partial charge in [0, 0.05) is 31.2 Å². The third kappa shape index (κ3) is 3.79. The zero-order valence-corrected chi connectivity index (χ0v) is 14.3. The van der Waals surface area contributed by atoms with Crippen LogP contribution in [0.5, 0.6) is 11.5 Å². The molecule has 0 amide bonds. The van der Waals surface area contributed by atoms with Gasteiger partial charge in [0.2, 0.25) is 16.8 Å². The first-order valence-corrected chi connectivity index (χ1v) is 9.80. The lowest BCUT2D eigenvalue weighted by Crippen LogP contribution is -2.45. The minimum atomic E-state index is -3.06. The Balaban J connectivity index is 1.51. The van der Waals surface area contributed by atoms with Gasteiger partial charge in [0.1, 0.15) is 0 Å². The summed E-state index contributed by atoms with van der Waals surface area (Å²) in [5.74, 6) is 1.87. The molecule has 128 valence electrons. The number of benzene rings is 1. The van der Waals surface area contributed by atoms with E-state index in [9.17, 15) is 8.42 Å². The predicted molar refractivity (Wildman–Crippen MR) is 88.1 cm³/mol. The Labute approximate surface area is 137 Å². The molecule has 1 N–H and O–H groups in total. The maximum Gasteiger partial charge on any atom is 0.231 e. The van der Waals surface area contributed by atoms with Gasteiger partial charge in [-0.15, -0.1) is 0 Å². The average molecular weight is 340 g/mol. The fraction of sp³-hybridized carbons (Fsp3) is 0.625. The van der Waals surface area contributed by atoms with E-state index < -0.39 is 10.0 Å². The van der Waals surface area contributed by atoms with Crippen LogP contribution < -0.4 is 14.8 Å². The zero-order valence-electron chi connectivity index (χ0n) is 13.5. The Bertz CT molecular complexity index is 639. The molecular weight excluding hydrogens is 316 g/mol. The molecule has 0 aromatic heterocycles. The van der Waals surface area contributed by atoms with Crippen molar-refractivity contribution in [1.82, 2.24) is 9.62 Å². The molecule has 1 saturated heterocycles. The third-order valence-electron chi connectivity index (χ3n) is 4.37. The Morgan fingerprint density at radius 3 is 2.78 bits per heavy atom. The van der Waals surface area contributed by atoms with E-state index in [4.69, 9.17) is 9.47 Å². The summed E-state index contributed by atoms with van der Waals surface area (Å²) in [6, 6.07) is 6.23. The van der Waals surface area contributed by atoms with Gasteiger partial charge in [-0.05, 0) is 25.3 Å². The Hall–Kier alpha value is -1.31. The number of nitrogens with one attached hydrogen (secondary N) is 1. The minimum Gasteiger partial charge on any atom is -0.454 e. The number of fused-ring (bicyclic) bond motifs is 1. The van der Waals surface area contributed by atoms with E-state index in [1.54, 1.807) is 4.31 Å². The highest BCUT2D eigenvalue weighted by Crippen LogP contribution is 2.35. The maximum absolute atomic E-state index is 12.1. The molecule has 1 aromatic rings. The van der Waals surface area contributed by atoms with Gasteiger partial charge in [0.15, 0.2) is 11.5 Å². The molecule has 1 aromatic carbocycles. The van der Waals surface area contributed by atoms with Gasteiger partial charge in [-0.25, -0.2) is 12.7 Å². The molecule has 2 heterocycles. The summed E-state index contributed by atoms with van der Waals surface area (Å²) in [6.45, 7) is 4.09. The number of hydrogen-bond donors (Lipinski definition) is 1. The number of para-hydroxylation sites is 1. The monoisotopic (exact) mass is 340 g/mol. The summed E-state index contributed by atoms with van der Waals surface area (Å²) in [5, 5.41) is 3.51. The number of piperidine rings is 1. The molecule has 1 fully saturated rings. The van der Waals surface area contributed by atoms with E-state index in [1.807, 2.05) is 25.1 Å². The van der Waals surface area contributed by atoms with Gasteiger partial charge in [-0.2, -0.15) is 0 Å². The van der Waals surface area contributed by atoms with Crippen LogP contribution >= 0.6 is 0 Å². The molecule has 6 nitrogen and oxygen atoms in total. The van der Waals surface area contributed by atoms with E-state index in [2.05, 4.69) is 5.32 Å². The predicted octanol–water partition coefficient (Wildman–Crippen LogP) is 1.71. The van der Waals surface area contributed by atoms with Crippen LogP contribution in [0.15, 0.2) is 18.2 Å². The molecule has 0 bridgehead atoms. The molecule has 0 spiro atoms. The summed E-state index contributed by atoms with van der Waals surface area (Å²) < 4.78 is 36.7. The number of hydrogen-bond acceptors (Lipinski definition) is 5. The van der Waals surface area contributed by atoms with Gasteiger partial charge in [0.05, 0.1) is 5.75 Å². The highest BCUT2D eigenvalue weighted by molar-refractivity contribution is 7.89. The topological polar surface area (TPSA) is 67.9 Å². The van der Waals surface area contributed by atoms with E-state index in [-0.39, 0.29) is 12.5 Å². The lowest BCUT2D eigenvalue weighted by molar-refractivity contribution is 0.173. The Kier molecular flexibility index (Phi) is 5.08. The van der Waals surface area contributed by atoms with Crippen molar-refractivity contribution in [3.05, 3.63) is 23.8 Å². The van der Waals surface area contributed by atoms with Crippen LogP contribution in [0.1, 0.15) is 31.7 Å². The van der Waals surface area contributed by atoms with Gasteiger partial charge in [0.25, 0.3) is 0 Å². The first-order chi connectivity index (χ1) is 11.1. The summed E-state index contributed by atoms with van der Waals surface area (Å²) >= 11 is 0. The molecule has 0 atom stereocenters. The fourth-order valence-corrected chi connectivity index (χ4v) is 4.65. The first-order valence-electron chi connectivity index (χ1n) is 8.19. The van der Waals surface area contributed by atoms with Gasteiger partial charge in [-0.1, -0.05) is 19.1 Å². The summed E-state index contributed by atoms with van der Waals surface area (Å²) in [5.41, 5.74) is 1.08. The summed E-state index contributed by atoms with van der Waals surface area (Å²) in [6.07, 6.45) is 2.35. The molecule has 7 heteroatoms. The second-order valence-corrected chi connectivity index (χ2v) is 8.11. The van der Waals surface area contributed by atoms with E-state index in [0.29, 0.717) is 32.1 Å². The molecular formula is C16H24N2O4S. The number of rotatable bonds is 6.